The van der Waals surface area contributed by atoms with Gasteiger partial charge in [-0.15, -0.1) is 0 Å². The summed E-state index contributed by atoms with van der Waals surface area (Å²) >= 11 is 0. The van der Waals surface area contributed by atoms with E-state index in [-0.39, 0.29) is 0 Å². The summed E-state index contributed by atoms with van der Waals surface area (Å²) in [6.07, 6.45) is 2.76. The van der Waals surface area contributed by atoms with Crippen LogP contribution in [0.5, 0.6) is 0 Å². The maximum atomic E-state index is 9.91. The van der Waals surface area contributed by atoms with E-state index in [2.05, 4.69) is 80.9 Å². The third kappa shape index (κ3) is 3.43. The molecule has 3 heteroatoms. The molecule has 0 saturated carbocycles. The van der Waals surface area contributed by atoms with E-state index < -0.39 is 8.07 Å². The zero-order valence-electron chi connectivity index (χ0n) is 16.3. The first-order valence-corrected chi connectivity index (χ1v) is 12.7. The maximum absolute atomic E-state index is 9.91. The van der Waals surface area contributed by atoms with Gasteiger partial charge in [0.2, 0.25) is 0 Å². The van der Waals surface area contributed by atoms with Crippen molar-refractivity contribution >= 4 is 24.2 Å². The molecule has 1 heterocycles. The number of hydrogen-bond donors (Lipinski definition) is 0. The van der Waals surface area contributed by atoms with Gasteiger partial charge in [0.05, 0.1) is 19.2 Å². The maximum Gasteiger partial charge on any atom is 0.102 e. The van der Waals surface area contributed by atoms with Crippen LogP contribution in [0.15, 0.2) is 48.7 Å². The summed E-state index contributed by atoms with van der Waals surface area (Å²) < 4.78 is 0. The molecule has 0 radical (unpaired) electrons. The number of rotatable bonds is 4. The van der Waals surface area contributed by atoms with E-state index in [0.29, 0.717) is 5.92 Å². The molecule has 0 N–H and O–H groups in total. The third-order valence-corrected chi connectivity index (χ3v) is 6.74. The van der Waals surface area contributed by atoms with E-state index in [4.69, 9.17) is 0 Å². The molecule has 0 aliphatic heterocycles. The molecule has 0 saturated heterocycles. The number of fused-ring (bicyclic) bond motifs is 1. The van der Waals surface area contributed by atoms with E-state index in [9.17, 15) is 5.26 Å². The largest absolute Gasteiger partial charge is 0.255 e. The summed E-state index contributed by atoms with van der Waals surface area (Å²) in [5.74, 6) is 0.506. The van der Waals surface area contributed by atoms with E-state index in [1.54, 1.807) is 0 Å². The summed E-state index contributed by atoms with van der Waals surface area (Å²) in [6.45, 7) is 11.5. The topological polar surface area (TPSA) is 36.7 Å². The molecule has 0 unspecified atom stereocenters. The zero-order valence-corrected chi connectivity index (χ0v) is 17.3. The lowest BCUT2D eigenvalue weighted by Gasteiger charge is -2.24. The molecule has 0 amide bonds. The standard InChI is InChI=1S/C23H26N2Si/c1-16(2)13-18-14-21(26(3,4)5)22-19(17-9-7-6-8-10-17)11-12-25-23(22)20(18)15-24/h6-12,14,16H,13H2,1-5H3. The normalized spacial score (nSPS) is 11.7. The minimum absolute atomic E-state index is 0.506. The Labute approximate surface area is 157 Å². The van der Waals surface area contributed by atoms with Gasteiger partial charge >= 0.3 is 0 Å². The van der Waals surface area contributed by atoms with Crippen molar-refractivity contribution in [3.05, 3.63) is 59.8 Å². The van der Waals surface area contributed by atoms with Crippen molar-refractivity contribution in [2.45, 2.75) is 39.9 Å². The lowest BCUT2D eigenvalue weighted by molar-refractivity contribution is 0.647. The highest BCUT2D eigenvalue weighted by Gasteiger charge is 2.25. The molecule has 0 spiro atoms. The lowest BCUT2D eigenvalue weighted by Crippen LogP contribution is -2.39. The van der Waals surface area contributed by atoms with Crippen LogP contribution in [-0.2, 0) is 6.42 Å². The lowest BCUT2D eigenvalue weighted by atomic mass is 9.93. The molecule has 2 aromatic carbocycles. The van der Waals surface area contributed by atoms with Gasteiger partial charge in [-0.3, -0.25) is 4.98 Å². The second-order valence-electron chi connectivity index (χ2n) is 8.37. The van der Waals surface area contributed by atoms with Crippen molar-refractivity contribution in [1.82, 2.24) is 4.98 Å². The number of benzene rings is 2. The van der Waals surface area contributed by atoms with Gasteiger partial charge in [0.1, 0.15) is 6.07 Å². The molecule has 3 aromatic rings. The van der Waals surface area contributed by atoms with Crippen LogP contribution in [0.1, 0.15) is 25.0 Å². The van der Waals surface area contributed by atoms with Crippen LogP contribution >= 0.6 is 0 Å². The number of aromatic nitrogens is 1. The summed E-state index contributed by atoms with van der Waals surface area (Å²) in [7, 11) is -1.63. The van der Waals surface area contributed by atoms with E-state index in [1.165, 1.54) is 21.7 Å². The van der Waals surface area contributed by atoms with Gasteiger partial charge in [-0.2, -0.15) is 5.26 Å². The van der Waals surface area contributed by atoms with Crippen molar-refractivity contribution < 1.29 is 0 Å². The summed E-state index contributed by atoms with van der Waals surface area (Å²) in [5.41, 5.74) is 5.11. The third-order valence-electron chi connectivity index (χ3n) is 4.73. The van der Waals surface area contributed by atoms with E-state index in [1.807, 2.05) is 12.3 Å². The molecule has 26 heavy (non-hydrogen) atoms. The van der Waals surface area contributed by atoms with Gasteiger partial charge in [-0.05, 0) is 40.3 Å². The zero-order chi connectivity index (χ0) is 18.9. The Morgan fingerprint density at radius 1 is 1.08 bits per heavy atom. The van der Waals surface area contributed by atoms with Gasteiger partial charge in [0.15, 0.2) is 0 Å². The quantitative estimate of drug-likeness (QED) is 0.576. The molecule has 0 fully saturated rings. The van der Waals surface area contributed by atoms with Crippen molar-refractivity contribution in [3.8, 4) is 17.2 Å². The molecule has 0 aliphatic rings. The fraction of sp³-hybridized carbons (Fsp3) is 0.304. The van der Waals surface area contributed by atoms with Gasteiger partial charge in [0.25, 0.3) is 0 Å². The van der Waals surface area contributed by atoms with Gasteiger partial charge < -0.3 is 0 Å². The van der Waals surface area contributed by atoms with Gasteiger partial charge in [-0.25, -0.2) is 0 Å². The summed E-state index contributed by atoms with van der Waals surface area (Å²) in [6, 6.07) is 17.3. The Kier molecular flexibility index (Phi) is 4.98. The monoisotopic (exact) mass is 358 g/mol. The van der Waals surface area contributed by atoms with Crippen LogP contribution in [0.4, 0.5) is 0 Å². The van der Waals surface area contributed by atoms with Crippen molar-refractivity contribution in [2.75, 3.05) is 0 Å². The molecular weight excluding hydrogens is 332 g/mol. The predicted octanol–water partition coefficient (Wildman–Crippen LogP) is 5.52. The highest BCUT2D eigenvalue weighted by atomic mass is 28.3. The molecule has 0 aliphatic carbocycles. The number of nitriles is 1. The Bertz CT molecular complexity index is 977. The SMILES string of the molecule is CC(C)Cc1cc([Si](C)(C)C)c2c(-c3ccccc3)ccnc2c1C#N. The highest BCUT2D eigenvalue weighted by molar-refractivity contribution is 6.90. The second kappa shape index (κ2) is 7.05. The fourth-order valence-electron chi connectivity index (χ4n) is 3.57. The molecule has 2 nitrogen and oxygen atoms in total. The smallest absolute Gasteiger partial charge is 0.102 e. The average molecular weight is 359 g/mol. The van der Waals surface area contributed by atoms with Crippen LogP contribution < -0.4 is 5.19 Å². The molecule has 1 aromatic heterocycles. The highest BCUT2D eigenvalue weighted by Crippen LogP contribution is 2.31. The number of hydrogen-bond acceptors (Lipinski definition) is 2. The Morgan fingerprint density at radius 3 is 2.35 bits per heavy atom. The van der Waals surface area contributed by atoms with Crippen molar-refractivity contribution in [1.29, 1.82) is 5.26 Å². The van der Waals surface area contributed by atoms with Crippen LogP contribution in [0.25, 0.3) is 22.0 Å². The van der Waals surface area contributed by atoms with Crippen LogP contribution in [0.2, 0.25) is 19.6 Å². The Hall–Kier alpha value is -2.44. The first-order valence-electron chi connectivity index (χ1n) is 9.23. The van der Waals surface area contributed by atoms with Crippen LogP contribution in [0.3, 0.4) is 0 Å². The minimum Gasteiger partial charge on any atom is -0.255 e. The molecule has 3 rings (SSSR count). The minimum atomic E-state index is -1.63. The summed E-state index contributed by atoms with van der Waals surface area (Å²) in [5, 5.41) is 12.5. The second-order valence-corrected chi connectivity index (χ2v) is 13.4. The predicted molar refractivity (Wildman–Crippen MR) is 113 cm³/mol. The molecule has 132 valence electrons. The van der Waals surface area contributed by atoms with E-state index >= 15 is 0 Å². The number of nitrogens with zero attached hydrogens (tertiary/aromatic N) is 2. The van der Waals surface area contributed by atoms with Gasteiger partial charge in [-0.1, -0.05) is 69.9 Å². The number of pyridine rings is 1. The van der Waals surface area contributed by atoms with E-state index in [0.717, 1.165) is 23.1 Å². The fourth-order valence-corrected chi connectivity index (χ4v) is 5.18. The first kappa shape index (κ1) is 18.4. The summed E-state index contributed by atoms with van der Waals surface area (Å²) in [4.78, 5) is 4.68. The molecular formula is C23H26N2Si. The van der Waals surface area contributed by atoms with Gasteiger partial charge in [0, 0.05) is 11.6 Å². The Morgan fingerprint density at radius 2 is 1.77 bits per heavy atom. The van der Waals surface area contributed by atoms with Crippen molar-refractivity contribution in [2.24, 2.45) is 5.92 Å². The average Bonchev–Trinajstić information content (AvgIpc) is 2.60. The molecule has 0 atom stereocenters. The Balaban J connectivity index is 2.46. The molecule has 0 bridgehead atoms. The first-order chi connectivity index (χ1) is 12.3. The van der Waals surface area contributed by atoms with Crippen LogP contribution in [-0.4, -0.2) is 13.1 Å². The van der Waals surface area contributed by atoms with Crippen LogP contribution in [0, 0.1) is 17.2 Å². The van der Waals surface area contributed by atoms with Crippen molar-refractivity contribution in [3.63, 3.8) is 0 Å².